The number of nitrogens with zero attached hydrogens (tertiary/aromatic N) is 2. The van der Waals surface area contributed by atoms with E-state index >= 15 is 0 Å². The molecule has 9 nitrogen and oxygen atoms in total. The van der Waals surface area contributed by atoms with Crippen LogP contribution in [0.25, 0.3) is 0 Å². The van der Waals surface area contributed by atoms with Crippen LogP contribution in [0.4, 0.5) is 5.69 Å². The highest BCUT2D eigenvalue weighted by Crippen LogP contribution is 2.23. The molecule has 3 rings (SSSR count). The van der Waals surface area contributed by atoms with E-state index in [4.69, 9.17) is 4.74 Å². The second-order valence-electron chi connectivity index (χ2n) is 5.86. The average molecular weight is 358 g/mol. The van der Waals surface area contributed by atoms with Gasteiger partial charge in [0.05, 0.1) is 7.11 Å². The van der Waals surface area contributed by atoms with Gasteiger partial charge in [-0.1, -0.05) is 0 Å². The zero-order valence-corrected chi connectivity index (χ0v) is 14.3. The van der Waals surface area contributed by atoms with Gasteiger partial charge < -0.3 is 19.5 Å². The summed E-state index contributed by atoms with van der Waals surface area (Å²) in [6.45, 7) is 2.18. The molecular formula is C17H18N4O5. The van der Waals surface area contributed by atoms with Crippen molar-refractivity contribution in [3.8, 4) is 5.75 Å². The van der Waals surface area contributed by atoms with Gasteiger partial charge in [-0.3, -0.25) is 19.4 Å². The first-order valence-electron chi connectivity index (χ1n) is 8.01. The van der Waals surface area contributed by atoms with Crippen LogP contribution in [0.5, 0.6) is 5.75 Å². The summed E-state index contributed by atoms with van der Waals surface area (Å²) in [6.07, 6.45) is 0. The number of piperazine rings is 1. The number of nitrogens with one attached hydrogen (secondary N) is 2. The molecule has 0 unspecified atom stereocenters. The molecule has 2 amide bonds. The van der Waals surface area contributed by atoms with E-state index in [-0.39, 0.29) is 18.1 Å². The van der Waals surface area contributed by atoms with Gasteiger partial charge in [0.2, 0.25) is 5.91 Å². The number of anilines is 1. The normalized spacial score (nSPS) is 17.3. The molecule has 9 heteroatoms. The summed E-state index contributed by atoms with van der Waals surface area (Å²) in [6, 6.07) is 7.33. The molecule has 26 heavy (non-hydrogen) atoms. The van der Waals surface area contributed by atoms with Gasteiger partial charge in [-0.15, -0.1) is 0 Å². The summed E-state index contributed by atoms with van der Waals surface area (Å²) in [7, 11) is 1.56. The van der Waals surface area contributed by atoms with Crippen molar-refractivity contribution in [3.63, 3.8) is 0 Å². The van der Waals surface area contributed by atoms with Gasteiger partial charge in [0, 0.05) is 24.8 Å². The molecule has 0 aliphatic carbocycles. The Kier molecular flexibility index (Phi) is 4.61. The first-order chi connectivity index (χ1) is 12.4. The van der Waals surface area contributed by atoms with Gasteiger partial charge in [-0.05, 0) is 31.2 Å². The highest BCUT2D eigenvalue weighted by molar-refractivity contribution is 6.02. The largest absolute Gasteiger partial charge is 0.497 e. The maximum Gasteiger partial charge on any atom is 0.326 e. The van der Waals surface area contributed by atoms with Gasteiger partial charge in [0.15, 0.2) is 0 Å². The third-order valence-electron chi connectivity index (χ3n) is 4.29. The molecule has 0 bridgehead atoms. The highest BCUT2D eigenvalue weighted by Gasteiger charge is 2.35. The van der Waals surface area contributed by atoms with Crippen LogP contribution in [0.15, 0.2) is 39.9 Å². The summed E-state index contributed by atoms with van der Waals surface area (Å²) < 4.78 is 5.11. The maximum absolute atomic E-state index is 12.7. The lowest BCUT2D eigenvalue weighted by Crippen LogP contribution is -2.58. The Hall–Kier alpha value is -3.36. The molecule has 1 saturated heterocycles. The van der Waals surface area contributed by atoms with Gasteiger partial charge in [-0.2, -0.15) is 0 Å². The molecule has 136 valence electrons. The van der Waals surface area contributed by atoms with Crippen molar-refractivity contribution in [2.75, 3.05) is 25.1 Å². The van der Waals surface area contributed by atoms with Crippen LogP contribution in [-0.2, 0) is 4.79 Å². The number of aromatic nitrogens is 2. The van der Waals surface area contributed by atoms with Gasteiger partial charge in [-0.25, -0.2) is 4.79 Å². The summed E-state index contributed by atoms with van der Waals surface area (Å²) in [5.74, 6) is -0.133. The fraction of sp³-hybridized carbons (Fsp3) is 0.294. The van der Waals surface area contributed by atoms with E-state index < -0.39 is 23.2 Å². The van der Waals surface area contributed by atoms with Crippen molar-refractivity contribution in [2.45, 2.75) is 13.0 Å². The summed E-state index contributed by atoms with van der Waals surface area (Å²) in [5.41, 5.74) is -0.875. The number of carbonyl (C=O) groups excluding carboxylic acids is 2. The third-order valence-corrected chi connectivity index (χ3v) is 4.29. The molecule has 0 saturated carbocycles. The van der Waals surface area contributed by atoms with Crippen LogP contribution >= 0.6 is 0 Å². The van der Waals surface area contributed by atoms with Crippen LogP contribution in [0.3, 0.4) is 0 Å². The Morgan fingerprint density at radius 1 is 1.12 bits per heavy atom. The third kappa shape index (κ3) is 3.23. The van der Waals surface area contributed by atoms with E-state index in [2.05, 4.69) is 4.98 Å². The van der Waals surface area contributed by atoms with Crippen molar-refractivity contribution in [1.82, 2.24) is 14.9 Å². The molecule has 1 fully saturated rings. The number of ether oxygens (including phenoxy) is 1. The van der Waals surface area contributed by atoms with Gasteiger partial charge in [0.1, 0.15) is 17.5 Å². The van der Waals surface area contributed by atoms with Crippen molar-refractivity contribution in [3.05, 3.63) is 56.9 Å². The van der Waals surface area contributed by atoms with E-state index in [9.17, 15) is 19.2 Å². The van der Waals surface area contributed by atoms with Crippen LogP contribution in [0.1, 0.15) is 17.4 Å². The van der Waals surface area contributed by atoms with Crippen molar-refractivity contribution < 1.29 is 14.3 Å². The Morgan fingerprint density at radius 2 is 1.81 bits per heavy atom. The summed E-state index contributed by atoms with van der Waals surface area (Å²) in [5, 5.41) is 0. The molecular weight excluding hydrogens is 340 g/mol. The minimum atomic E-state index is -0.767. The SMILES string of the molecule is COc1ccc(N2CCN(C(=O)c3cc(=O)[nH]c(=O)[nH]3)[C@H](C)C2=O)cc1. The number of methoxy groups -OCH3 is 1. The molecule has 2 N–H and O–H groups in total. The average Bonchev–Trinajstić information content (AvgIpc) is 2.63. The minimum absolute atomic E-state index is 0.142. The van der Waals surface area contributed by atoms with Crippen molar-refractivity contribution >= 4 is 17.5 Å². The number of benzene rings is 1. The van der Waals surface area contributed by atoms with E-state index in [1.165, 1.54) is 4.90 Å². The highest BCUT2D eigenvalue weighted by atomic mass is 16.5. The van der Waals surface area contributed by atoms with Crippen LogP contribution in [0, 0.1) is 0 Å². The lowest BCUT2D eigenvalue weighted by molar-refractivity contribution is -0.124. The Bertz CT molecular complexity index is 918. The maximum atomic E-state index is 12.7. The molecule has 1 aromatic heterocycles. The molecule has 1 aromatic carbocycles. The monoisotopic (exact) mass is 358 g/mol. The van der Waals surface area contributed by atoms with Crippen LogP contribution in [-0.4, -0.2) is 52.9 Å². The first kappa shape index (κ1) is 17.5. The lowest BCUT2D eigenvalue weighted by atomic mass is 10.1. The van der Waals surface area contributed by atoms with Gasteiger partial charge in [0.25, 0.3) is 11.5 Å². The molecule has 2 aromatic rings. The van der Waals surface area contributed by atoms with Crippen LogP contribution < -0.4 is 20.9 Å². The summed E-state index contributed by atoms with van der Waals surface area (Å²) in [4.78, 5) is 55.3. The number of carbonyl (C=O) groups is 2. The van der Waals surface area contributed by atoms with E-state index in [1.807, 2.05) is 4.98 Å². The fourth-order valence-corrected chi connectivity index (χ4v) is 2.90. The number of hydrogen-bond acceptors (Lipinski definition) is 5. The Morgan fingerprint density at radius 3 is 2.42 bits per heavy atom. The summed E-state index contributed by atoms with van der Waals surface area (Å²) >= 11 is 0. The molecule has 1 aliphatic heterocycles. The zero-order chi connectivity index (χ0) is 18.8. The fourth-order valence-electron chi connectivity index (χ4n) is 2.90. The number of hydrogen-bond donors (Lipinski definition) is 2. The molecule has 0 spiro atoms. The predicted octanol–water partition coefficient (Wildman–Crippen LogP) is -0.0507. The zero-order valence-electron chi connectivity index (χ0n) is 14.3. The Balaban J connectivity index is 1.81. The standard InChI is InChI=1S/C17H18N4O5/c1-10-15(23)21(11-3-5-12(26-2)6-4-11)8-7-20(10)16(24)13-9-14(22)19-17(25)18-13/h3-6,9-10H,7-8H2,1-2H3,(H2,18,19,22,25)/t10-/m1/s1. The number of amides is 2. The van der Waals surface area contributed by atoms with E-state index in [0.29, 0.717) is 18.0 Å². The molecule has 2 heterocycles. The quantitative estimate of drug-likeness (QED) is 0.798. The first-order valence-corrected chi connectivity index (χ1v) is 8.01. The van der Waals surface area contributed by atoms with Crippen LogP contribution in [0.2, 0.25) is 0 Å². The topological polar surface area (TPSA) is 116 Å². The van der Waals surface area contributed by atoms with Crippen molar-refractivity contribution in [1.29, 1.82) is 0 Å². The molecule has 1 aliphatic rings. The van der Waals surface area contributed by atoms with E-state index in [1.54, 1.807) is 43.2 Å². The smallest absolute Gasteiger partial charge is 0.326 e. The minimum Gasteiger partial charge on any atom is -0.497 e. The number of H-pyrrole nitrogens is 2. The lowest BCUT2D eigenvalue weighted by Gasteiger charge is -2.39. The second kappa shape index (κ2) is 6.87. The molecule has 0 radical (unpaired) electrons. The Labute approximate surface area is 148 Å². The molecule has 1 atom stereocenters. The second-order valence-corrected chi connectivity index (χ2v) is 5.86. The van der Waals surface area contributed by atoms with Crippen molar-refractivity contribution in [2.24, 2.45) is 0 Å². The van der Waals surface area contributed by atoms with Gasteiger partial charge >= 0.3 is 5.69 Å². The number of aromatic amines is 2. The number of rotatable bonds is 3. The van der Waals surface area contributed by atoms with E-state index in [0.717, 1.165) is 6.07 Å². The predicted molar refractivity (Wildman–Crippen MR) is 93.5 cm³/mol.